The number of aliphatic hydroxyl groups is 1. The molecule has 0 saturated carbocycles. The Morgan fingerprint density at radius 2 is 1.82 bits per heavy atom. The highest BCUT2D eigenvalue weighted by Crippen LogP contribution is 2.46. The molecule has 1 aromatic rings. The Hall–Kier alpha value is -1.15. The quantitative estimate of drug-likeness (QED) is 0.808. The number of Topliss-reactive ketones (excluding diaryl/α,β-unsaturated/α-hetero) is 1. The van der Waals surface area contributed by atoms with E-state index in [9.17, 15) is 9.90 Å². The van der Waals surface area contributed by atoms with Crippen LogP contribution in [0, 0.1) is 11.3 Å². The van der Waals surface area contributed by atoms with Crippen molar-refractivity contribution in [3.05, 3.63) is 35.4 Å². The topological polar surface area (TPSA) is 37.3 Å². The Labute approximate surface area is 103 Å². The van der Waals surface area contributed by atoms with E-state index in [0.717, 1.165) is 11.1 Å². The van der Waals surface area contributed by atoms with E-state index in [0.29, 0.717) is 6.42 Å². The highest BCUT2D eigenvalue weighted by molar-refractivity contribution is 6.03. The molecule has 0 spiro atoms. The van der Waals surface area contributed by atoms with Gasteiger partial charge in [0.05, 0.1) is 11.0 Å². The van der Waals surface area contributed by atoms with Gasteiger partial charge in [0.15, 0.2) is 5.78 Å². The fraction of sp³-hybridized carbons (Fsp3) is 0.533. The van der Waals surface area contributed by atoms with Gasteiger partial charge in [-0.05, 0) is 25.3 Å². The zero-order valence-corrected chi connectivity index (χ0v) is 10.9. The molecule has 1 aromatic carbocycles. The van der Waals surface area contributed by atoms with Crippen LogP contribution in [0.5, 0.6) is 0 Å². The van der Waals surface area contributed by atoms with Gasteiger partial charge < -0.3 is 5.11 Å². The number of ketones is 1. The van der Waals surface area contributed by atoms with E-state index in [-0.39, 0.29) is 11.7 Å². The van der Waals surface area contributed by atoms with Crippen LogP contribution in [0.1, 0.15) is 43.6 Å². The van der Waals surface area contributed by atoms with Crippen molar-refractivity contribution in [1.29, 1.82) is 0 Å². The zero-order valence-electron chi connectivity index (χ0n) is 10.9. The van der Waals surface area contributed by atoms with Gasteiger partial charge in [-0.2, -0.15) is 0 Å². The first kappa shape index (κ1) is 12.3. The predicted molar refractivity (Wildman–Crippen MR) is 68.0 cm³/mol. The Morgan fingerprint density at radius 3 is 2.41 bits per heavy atom. The van der Waals surface area contributed by atoms with Crippen LogP contribution in [0.4, 0.5) is 0 Å². The molecule has 1 aliphatic rings. The number of carbonyl (C=O) groups is 1. The lowest BCUT2D eigenvalue weighted by atomic mass is 9.59. The molecule has 0 radical (unpaired) electrons. The lowest BCUT2D eigenvalue weighted by Gasteiger charge is -2.48. The van der Waals surface area contributed by atoms with Crippen molar-refractivity contribution in [2.75, 3.05) is 0 Å². The van der Waals surface area contributed by atoms with Crippen LogP contribution in [0.25, 0.3) is 0 Å². The second-order valence-corrected chi connectivity index (χ2v) is 5.87. The summed E-state index contributed by atoms with van der Waals surface area (Å²) in [5.41, 5.74) is 0.0457. The van der Waals surface area contributed by atoms with Gasteiger partial charge in [-0.15, -0.1) is 0 Å². The molecule has 1 aliphatic carbocycles. The lowest BCUT2D eigenvalue weighted by Crippen LogP contribution is -2.57. The van der Waals surface area contributed by atoms with E-state index < -0.39 is 11.0 Å². The van der Waals surface area contributed by atoms with E-state index in [1.165, 1.54) is 0 Å². The van der Waals surface area contributed by atoms with Crippen molar-refractivity contribution < 1.29 is 9.90 Å². The maximum absolute atomic E-state index is 12.5. The first-order valence-corrected chi connectivity index (χ1v) is 6.16. The van der Waals surface area contributed by atoms with Crippen LogP contribution in [-0.2, 0) is 6.42 Å². The third-order valence-electron chi connectivity index (χ3n) is 4.33. The lowest BCUT2D eigenvalue weighted by molar-refractivity contribution is -0.0878. The van der Waals surface area contributed by atoms with Crippen LogP contribution < -0.4 is 0 Å². The van der Waals surface area contributed by atoms with Crippen LogP contribution in [0.2, 0.25) is 0 Å². The van der Waals surface area contributed by atoms with Gasteiger partial charge in [0.2, 0.25) is 0 Å². The molecule has 0 aliphatic heterocycles. The third kappa shape index (κ3) is 1.54. The molecule has 0 aromatic heterocycles. The first-order valence-electron chi connectivity index (χ1n) is 6.16. The number of rotatable bonds is 1. The van der Waals surface area contributed by atoms with E-state index in [4.69, 9.17) is 0 Å². The Balaban J connectivity index is 2.61. The fourth-order valence-corrected chi connectivity index (χ4v) is 2.87. The summed E-state index contributed by atoms with van der Waals surface area (Å²) < 4.78 is 0. The molecule has 1 atom stereocenters. The predicted octanol–water partition coefficient (Wildman–Crippen LogP) is 2.84. The van der Waals surface area contributed by atoms with E-state index >= 15 is 0 Å². The molecule has 0 heterocycles. The molecule has 0 bridgehead atoms. The summed E-state index contributed by atoms with van der Waals surface area (Å²) in [6.45, 7) is 7.66. The van der Waals surface area contributed by atoms with Gasteiger partial charge >= 0.3 is 0 Å². The Kier molecular flexibility index (Phi) is 2.66. The molecule has 0 fully saturated rings. The normalized spacial score (nSPS) is 27.1. The Morgan fingerprint density at radius 1 is 1.24 bits per heavy atom. The van der Waals surface area contributed by atoms with Crippen molar-refractivity contribution in [2.24, 2.45) is 11.3 Å². The van der Waals surface area contributed by atoms with Crippen molar-refractivity contribution in [2.45, 2.75) is 39.7 Å². The zero-order chi connectivity index (χ0) is 12.8. The minimum absolute atomic E-state index is 0.0507. The van der Waals surface area contributed by atoms with Gasteiger partial charge in [0.25, 0.3) is 0 Å². The van der Waals surface area contributed by atoms with E-state index in [2.05, 4.69) is 0 Å². The molecular formula is C15H20O2. The van der Waals surface area contributed by atoms with E-state index in [1.54, 1.807) is 0 Å². The second kappa shape index (κ2) is 3.67. The number of carbonyl (C=O) groups excluding carboxylic acids is 1. The van der Waals surface area contributed by atoms with Crippen LogP contribution in [0.15, 0.2) is 24.3 Å². The summed E-state index contributed by atoms with van der Waals surface area (Å²) in [6.07, 6.45) is 0.555. The van der Waals surface area contributed by atoms with Crippen LogP contribution in [-0.4, -0.2) is 16.5 Å². The molecule has 1 N–H and O–H groups in total. The van der Waals surface area contributed by atoms with Gasteiger partial charge in [0, 0.05) is 12.0 Å². The highest BCUT2D eigenvalue weighted by Gasteiger charge is 2.53. The summed E-state index contributed by atoms with van der Waals surface area (Å²) in [6, 6.07) is 7.60. The average Bonchev–Trinajstić information content (AvgIpc) is 2.26. The number of hydrogen-bond donors (Lipinski definition) is 1. The molecule has 2 rings (SSSR count). The Bertz CT molecular complexity index is 460. The maximum atomic E-state index is 12.5. The molecule has 0 amide bonds. The maximum Gasteiger partial charge on any atom is 0.171 e. The summed E-state index contributed by atoms with van der Waals surface area (Å²) in [4.78, 5) is 12.5. The van der Waals surface area contributed by atoms with Gasteiger partial charge in [-0.3, -0.25) is 4.79 Å². The first-order chi connectivity index (χ1) is 7.80. The average molecular weight is 232 g/mol. The van der Waals surface area contributed by atoms with Crippen LogP contribution >= 0.6 is 0 Å². The highest BCUT2D eigenvalue weighted by atomic mass is 16.3. The van der Waals surface area contributed by atoms with Gasteiger partial charge in [0.1, 0.15) is 0 Å². The van der Waals surface area contributed by atoms with Gasteiger partial charge in [-0.1, -0.05) is 38.1 Å². The monoisotopic (exact) mass is 232 g/mol. The third-order valence-corrected chi connectivity index (χ3v) is 4.33. The number of benzene rings is 1. The molecule has 0 saturated heterocycles. The summed E-state index contributed by atoms with van der Waals surface area (Å²) in [5, 5.41) is 10.9. The molecular weight excluding hydrogens is 212 g/mol. The minimum atomic E-state index is -0.960. The number of fused-ring (bicyclic) bond motifs is 1. The standard InChI is InChI=1S/C15H20O2/c1-10(2)15(17)9-11-7-5-6-8-12(11)13(16)14(15,3)4/h5-8,10,17H,9H2,1-4H3. The smallest absolute Gasteiger partial charge is 0.171 e. The second-order valence-electron chi connectivity index (χ2n) is 5.87. The molecule has 2 heteroatoms. The summed E-state index contributed by atoms with van der Waals surface area (Å²) in [5.74, 6) is 0.102. The largest absolute Gasteiger partial charge is 0.388 e. The molecule has 17 heavy (non-hydrogen) atoms. The van der Waals surface area contributed by atoms with Crippen molar-refractivity contribution in [1.82, 2.24) is 0 Å². The van der Waals surface area contributed by atoms with E-state index in [1.807, 2.05) is 52.0 Å². The molecule has 92 valence electrons. The molecule has 1 unspecified atom stereocenters. The van der Waals surface area contributed by atoms with Crippen molar-refractivity contribution in [3.63, 3.8) is 0 Å². The fourth-order valence-electron chi connectivity index (χ4n) is 2.87. The summed E-state index contributed by atoms with van der Waals surface area (Å²) in [7, 11) is 0. The van der Waals surface area contributed by atoms with Crippen molar-refractivity contribution in [3.8, 4) is 0 Å². The van der Waals surface area contributed by atoms with Gasteiger partial charge in [-0.25, -0.2) is 0 Å². The summed E-state index contributed by atoms with van der Waals surface area (Å²) >= 11 is 0. The molecule has 2 nitrogen and oxygen atoms in total. The minimum Gasteiger partial charge on any atom is -0.388 e. The van der Waals surface area contributed by atoms with Crippen molar-refractivity contribution >= 4 is 5.78 Å². The number of hydrogen-bond acceptors (Lipinski definition) is 2. The van der Waals surface area contributed by atoms with Crippen LogP contribution in [0.3, 0.4) is 0 Å². The SMILES string of the molecule is CC(C)C1(O)Cc2ccccc2C(=O)C1(C)C.